The molecule has 4 nitrogen and oxygen atoms in total. The quantitative estimate of drug-likeness (QED) is 0.843. The molecule has 0 spiro atoms. The minimum atomic E-state index is -4.79. The molecule has 110 valence electrons. The molecule has 1 rings (SSSR count). The number of carbonyl (C=O) groups excluding carboxylic acids is 1. The highest BCUT2D eigenvalue weighted by atomic mass is 79.9. The Morgan fingerprint density at radius 3 is 2.35 bits per heavy atom. The van der Waals surface area contributed by atoms with Crippen LogP contribution in [0.25, 0.3) is 0 Å². The zero-order valence-electron chi connectivity index (χ0n) is 9.75. The summed E-state index contributed by atoms with van der Waals surface area (Å²) in [6.45, 7) is -2.96. The van der Waals surface area contributed by atoms with E-state index in [0.29, 0.717) is 0 Å². The highest BCUT2D eigenvalue weighted by Gasteiger charge is 2.35. The number of nitrogens with zero attached hydrogens (tertiary/aromatic N) is 1. The Labute approximate surface area is 119 Å². The summed E-state index contributed by atoms with van der Waals surface area (Å²) in [5.41, 5.74) is -0.641. The van der Waals surface area contributed by atoms with Crippen molar-refractivity contribution < 1.29 is 32.3 Å². The Kier molecular flexibility index (Phi) is 5.09. The van der Waals surface area contributed by atoms with Crippen molar-refractivity contribution in [2.45, 2.75) is 6.18 Å². The Morgan fingerprint density at radius 1 is 1.30 bits per heavy atom. The van der Waals surface area contributed by atoms with Crippen LogP contribution in [-0.4, -0.2) is 41.1 Å². The van der Waals surface area contributed by atoms with Gasteiger partial charge in [-0.3, -0.25) is 9.59 Å². The Bertz CT molecular complexity index is 513. The third-order valence-electron chi connectivity index (χ3n) is 2.16. The van der Waals surface area contributed by atoms with E-state index < -0.39 is 42.5 Å². The van der Waals surface area contributed by atoms with E-state index in [-0.39, 0.29) is 9.37 Å². The van der Waals surface area contributed by atoms with Crippen molar-refractivity contribution in [2.24, 2.45) is 0 Å². The van der Waals surface area contributed by atoms with Gasteiger partial charge in [-0.15, -0.1) is 0 Å². The molecule has 0 aliphatic carbocycles. The molecule has 20 heavy (non-hydrogen) atoms. The first-order valence-corrected chi connectivity index (χ1v) is 5.93. The number of hydrogen-bond acceptors (Lipinski definition) is 2. The molecular weight excluding hydrogens is 350 g/mol. The van der Waals surface area contributed by atoms with Gasteiger partial charge in [0.05, 0.1) is 5.56 Å². The number of halogens is 5. The van der Waals surface area contributed by atoms with Gasteiger partial charge in [0, 0.05) is 4.47 Å². The lowest BCUT2D eigenvalue weighted by Crippen LogP contribution is -2.42. The van der Waals surface area contributed by atoms with Crippen LogP contribution in [0.3, 0.4) is 0 Å². The molecular formula is C11H8BrF4NO3. The highest BCUT2D eigenvalue weighted by Crippen LogP contribution is 2.24. The number of carbonyl (C=O) groups is 2. The molecule has 9 heteroatoms. The van der Waals surface area contributed by atoms with Crippen LogP contribution in [0.5, 0.6) is 0 Å². The molecule has 1 N–H and O–H groups in total. The van der Waals surface area contributed by atoms with Crippen LogP contribution in [0.1, 0.15) is 10.4 Å². The van der Waals surface area contributed by atoms with Gasteiger partial charge >= 0.3 is 12.1 Å². The van der Waals surface area contributed by atoms with E-state index >= 15 is 0 Å². The number of aliphatic carboxylic acids is 1. The van der Waals surface area contributed by atoms with E-state index in [4.69, 9.17) is 5.11 Å². The van der Waals surface area contributed by atoms with Crippen molar-refractivity contribution in [1.29, 1.82) is 0 Å². The van der Waals surface area contributed by atoms with Crippen LogP contribution in [0.15, 0.2) is 22.7 Å². The van der Waals surface area contributed by atoms with Gasteiger partial charge < -0.3 is 10.0 Å². The maximum absolute atomic E-state index is 13.5. The van der Waals surface area contributed by atoms with Gasteiger partial charge in [-0.05, 0) is 28.1 Å². The Hall–Kier alpha value is -1.64. The molecule has 0 heterocycles. The summed E-state index contributed by atoms with van der Waals surface area (Å²) in [4.78, 5) is 22.4. The molecule has 0 aromatic heterocycles. The van der Waals surface area contributed by atoms with Crippen molar-refractivity contribution in [2.75, 3.05) is 13.1 Å². The molecule has 1 amide bonds. The predicted molar refractivity (Wildman–Crippen MR) is 63.7 cm³/mol. The first-order valence-electron chi connectivity index (χ1n) is 5.13. The van der Waals surface area contributed by atoms with Crippen LogP contribution in [0.2, 0.25) is 0 Å². The van der Waals surface area contributed by atoms with Crippen molar-refractivity contribution in [1.82, 2.24) is 4.90 Å². The summed E-state index contributed by atoms with van der Waals surface area (Å²) < 4.78 is 50.5. The smallest absolute Gasteiger partial charge is 0.406 e. The molecule has 0 saturated heterocycles. The Morgan fingerprint density at radius 2 is 1.90 bits per heavy atom. The maximum Gasteiger partial charge on any atom is 0.406 e. The van der Waals surface area contributed by atoms with Crippen LogP contribution in [0, 0.1) is 5.82 Å². The summed E-state index contributed by atoms with van der Waals surface area (Å²) in [5, 5.41) is 8.55. The van der Waals surface area contributed by atoms with E-state index in [1.54, 1.807) is 0 Å². The zero-order chi connectivity index (χ0) is 15.5. The van der Waals surface area contributed by atoms with E-state index in [1.165, 1.54) is 12.1 Å². The third-order valence-corrected chi connectivity index (χ3v) is 2.82. The van der Waals surface area contributed by atoms with Gasteiger partial charge in [0.15, 0.2) is 0 Å². The SMILES string of the molecule is O=C(O)CN(CC(F)(F)F)C(=O)c1c(F)cccc1Br. The normalized spacial score (nSPS) is 11.2. The average Bonchev–Trinajstić information content (AvgIpc) is 2.25. The fourth-order valence-electron chi connectivity index (χ4n) is 1.44. The lowest BCUT2D eigenvalue weighted by Gasteiger charge is -2.22. The number of benzene rings is 1. The van der Waals surface area contributed by atoms with E-state index in [9.17, 15) is 27.2 Å². The van der Waals surface area contributed by atoms with Gasteiger partial charge in [0.2, 0.25) is 0 Å². The van der Waals surface area contributed by atoms with Crippen molar-refractivity contribution in [3.63, 3.8) is 0 Å². The lowest BCUT2D eigenvalue weighted by atomic mass is 10.2. The highest BCUT2D eigenvalue weighted by molar-refractivity contribution is 9.10. The van der Waals surface area contributed by atoms with Crippen LogP contribution in [0.4, 0.5) is 17.6 Å². The largest absolute Gasteiger partial charge is 0.480 e. The fraction of sp³-hybridized carbons (Fsp3) is 0.273. The van der Waals surface area contributed by atoms with Gasteiger partial charge in [0.1, 0.15) is 18.9 Å². The van der Waals surface area contributed by atoms with Crippen LogP contribution in [-0.2, 0) is 4.79 Å². The monoisotopic (exact) mass is 357 g/mol. The summed E-state index contributed by atoms with van der Waals surface area (Å²) in [5.74, 6) is -4.02. The van der Waals surface area contributed by atoms with Gasteiger partial charge in [-0.2, -0.15) is 13.2 Å². The minimum Gasteiger partial charge on any atom is -0.480 e. The van der Waals surface area contributed by atoms with E-state index in [0.717, 1.165) is 6.07 Å². The first kappa shape index (κ1) is 16.4. The number of carboxylic acid groups (broad SMARTS) is 1. The zero-order valence-corrected chi connectivity index (χ0v) is 11.3. The number of carboxylic acids is 1. The summed E-state index contributed by atoms with van der Waals surface area (Å²) in [6.07, 6.45) is -4.79. The van der Waals surface area contributed by atoms with Crippen molar-refractivity contribution in [3.8, 4) is 0 Å². The Balaban J connectivity index is 3.13. The predicted octanol–water partition coefficient (Wildman–Crippen LogP) is 2.68. The van der Waals surface area contributed by atoms with Crippen LogP contribution < -0.4 is 0 Å². The molecule has 0 unspecified atom stereocenters. The first-order chi connectivity index (χ1) is 9.11. The molecule has 0 aliphatic heterocycles. The standard InChI is InChI=1S/C11H8BrF4NO3/c12-6-2-1-3-7(13)9(6)10(20)17(4-8(18)19)5-11(14,15)16/h1-3H,4-5H2,(H,18,19). The van der Waals surface area contributed by atoms with Crippen LogP contribution >= 0.6 is 15.9 Å². The second kappa shape index (κ2) is 6.21. The third kappa shape index (κ3) is 4.48. The molecule has 1 aromatic carbocycles. The second-order valence-corrected chi connectivity index (χ2v) is 4.62. The number of alkyl halides is 3. The number of amides is 1. The van der Waals surface area contributed by atoms with Gasteiger partial charge in [0.25, 0.3) is 5.91 Å². The summed E-state index contributed by atoms with van der Waals surface area (Å²) >= 11 is 2.85. The van der Waals surface area contributed by atoms with Gasteiger partial charge in [-0.25, -0.2) is 4.39 Å². The summed E-state index contributed by atoms with van der Waals surface area (Å²) in [6, 6.07) is 3.41. The lowest BCUT2D eigenvalue weighted by molar-refractivity contribution is -0.149. The average molecular weight is 358 g/mol. The topological polar surface area (TPSA) is 57.6 Å². The molecule has 0 atom stereocenters. The van der Waals surface area contributed by atoms with E-state index in [2.05, 4.69) is 15.9 Å². The van der Waals surface area contributed by atoms with E-state index in [1.807, 2.05) is 0 Å². The molecule has 0 aliphatic rings. The second-order valence-electron chi connectivity index (χ2n) is 3.77. The minimum absolute atomic E-state index is 0.0194. The number of rotatable bonds is 4. The van der Waals surface area contributed by atoms with Crippen molar-refractivity contribution >= 4 is 27.8 Å². The molecule has 1 aromatic rings. The molecule has 0 bridgehead atoms. The number of hydrogen-bond donors (Lipinski definition) is 1. The molecule has 0 radical (unpaired) electrons. The molecule has 0 fully saturated rings. The molecule has 0 saturated carbocycles. The van der Waals surface area contributed by atoms with Crippen molar-refractivity contribution in [3.05, 3.63) is 34.1 Å². The fourth-order valence-corrected chi connectivity index (χ4v) is 1.95. The summed E-state index contributed by atoms with van der Waals surface area (Å²) in [7, 11) is 0. The maximum atomic E-state index is 13.5. The van der Waals surface area contributed by atoms with Gasteiger partial charge in [-0.1, -0.05) is 6.07 Å².